The second-order valence-electron chi connectivity index (χ2n) is 3.85. The average Bonchev–Trinajstić information content (AvgIpc) is 2.38. The first kappa shape index (κ1) is 14.2. The normalized spacial score (nSPS) is 10.4. The van der Waals surface area contributed by atoms with Crippen molar-refractivity contribution in [2.24, 2.45) is 0 Å². The van der Waals surface area contributed by atoms with Crippen LogP contribution in [0.2, 0.25) is 5.02 Å². The van der Waals surface area contributed by atoms with Crippen molar-refractivity contribution in [2.45, 2.75) is 0 Å². The third-order valence-electron chi connectivity index (χ3n) is 2.50. The van der Waals surface area contributed by atoms with E-state index in [-0.39, 0.29) is 10.7 Å². The summed E-state index contributed by atoms with van der Waals surface area (Å²) in [5.74, 6) is -4.64. The number of hydrogen-bond acceptors (Lipinski definition) is 2. The van der Waals surface area contributed by atoms with Crippen LogP contribution in [0, 0.1) is 17.5 Å². The molecule has 0 fully saturated rings. The van der Waals surface area contributed by atoms with Crippen LogP contribution in [0.25, 0.3) is 0 Å². The highest BCUT2D eigenvalue weighted by atomic mass is 35.5. The summed E-state index contributed by atoms with van der Waals surface area (Å²) in [6.07, 6.45) is 0. The summed E-state index contributed by atoms with van der Waals surface area (Å²) in [4.78, 5) is 10.6. The SMILES string of the molecule is O=C(O)c1cc(F)c(Nc2cccc(Cl)c2F)c(F)c1. The summed E-state index contributed by atoms with van der Waals surface area (Å²) in [6.45, 7) is 0. The molecule has 0 atom stereocenters. The lowest BCUT2D eigenvalue weighted by Crippen LogP contribution is -2.04. The lowest BCUT2D eigenvalue weighted by atomic mass is 10.1. The first-order chi connectivity index (χ1) is 9.40. The zero-order chi connectivity index (χ0) is 14.9. The molecule has 20 heavy (non-hydrogen) atoms. The number of nitrogens with one attached hydrogen (secondary N) is 1. The first-order valence-electron chi connectivity index (χ1n) is 5.33. The van der Waals surface area contributed by atoms with Gasteiger partial charge < -0.3 is 10.4 Å². The summed E-state index contributed by atoms with van der Waals surface area (Å²) in [6, 6.07) is 5.19. The maximum atomic E-state index is 13.7. The highest BCUT2D eigenvalue weighted by molar-refractivity contribution is 6.31. The average molecular weight is 302 g/mol. The zero-order valence-electron chi connectivity index (χ0n) is 9.75. The van der Waals surface area contributed by atoms with E-state index in [0.717, 1.165) is 0 Å². The van der Waals surface area contributed by atoms with Gasteiger partial charge in [0.05, 0.1) is 16.3 Å². The van der Waals surface area contributed by atoms with Gasteiger partial charge in [-0.3, -0.25) is 0 Å². The van der Waals surface area contributed by atoms with E-state index in [1.165, 1.54) is 18.2 Å². The van der Waals surface area contributed by atoms with Gasteiger partial charge in [0.25, 0.3) is 0 Å². The highest BCUT2D eigenvalue weighted by Crippen LogP contribution is 2.29. The van der Waals surface area contributed by atoms with Gasteiger partial charge in [-0.05, 0) is 24.3 Å². The topological polar surface area (TPSA) is 49.3 Å². The number of halogens is 4. The molecule has 0 bridgehead atoms. The van der Waals surface area contributed by atoms with Gasteiger partial charge in [0.15, 0.2) is 17.5 Å². The number of carboxylic acids is 1. The Balaban J connectivity index is 2.44. The summed E-state index contributed by atoms with van der Waals surface area (Å²) >= 11 is 5.55. The van der Waals surface area contributed by atoms with Crippen molar-refractivity contribution >= 4 is 28.9 Å². The molecular formula is C13H7ClF3NO2. The Labute approximate surface area is 116 Å². The van der Waals surface area contributed by atoms with Gasteiger partial charge in [-0.25, -0.2) is 18.0 Å². The molecule has 0 spiro atoms. The number of aromatic carboxylic acids is 1. The van der Waals surface area contributed by atoms with Crippen molar-refractivity contribution in [1.82, 2.24) is 0 Å². The summed E-state index contributed by atoms with van der Waals surface area (Å²) < 4.78 is 41.0. The largest absolute Gasteiger partial charge is 0.478 e. The van der Waals surface area contributed by atoms with Crippen molar-refractivity contribution in [2.75, 3.05) is 5.32 Å². The number of hydrogen-bond donors (Lipinski definition) is 2. The molecule has 2 rings (SSSR count). The number of benzene rings is 2. The van der Waals surface area contributed by atoms with Crippen LogP contribution in [0.15, 0.2) is 30.3 Å². The van der Waals surface area contributed by atoms with Crippen LogP contribution in [-0.2, 0) is 0 Å². The molecule has 0 aliphatic rings. The first-order valence-corrected chi connectivity index (χ1v) is 5.71. The maximum Gasteiger partial charge on any atom is 0.335 e. The minimum absolute atomic E-state index is 0.210. The second kappa shape index (κ2) is 5.42. The highest BCUT2D eigenvalue weighted by Gasteiger charge is 2.16. The molecule has 0 saturated carbocycles. The van der Waals surface area contributed by atoms with Gasteiger partial charge in [0, 0.05) is 0 Å². The second-order valence-corrected chi connectivity index (χ2v) is 4.25. The Morgan fingerprint density at radius 1 is 1.15 bits per heavy atom. The molecule has 0 radical (unpaired) electrons. The van der Waals surface area contributed by atoms with Crippen molar-refractivity contribution in [3.63, 3.8) is 0 Å². The van der Waals surface area contributed by atoms with Crippen LogP contribution in [0.4, 0.5) is 24.5 Å². The van der Waals surface area contributed by atoms with Crippen LogP contribution in [0.3, 0.4) is 0 Å². The minimum atomic E-state index is -1.47. The van der Waals surface area contributed by atoms with Crippen molar-refractivity contribution in [1.29, 1.82) is 0 Å². The summed E-state index contributed by atoms with van der Waals surface area (Å²) in [5.41, 5.74) is -1.42. The molecule has 104 valence electrons. The van der Waals surface area contributed by atoms with Gasteiger partial charge in [-0.2, -0.15) is 0 Å². The van der Waals surface area contributed by atoms with Gasteiger partial charge in [-0.15, -0.1) is 0 Å². The van der Waals surface area contributed by atoms with Crippen molar-refractivity contribution in [3.05, 3.63) is 58.4 Å². The van der Waals surface area contributed by atoms with E-state index in [1.54, 1.807) is 0 Å². The Morgan fingerprint density at radius 2 is 1.75 bits per heavy atom. The summed E-state index contributed by atoms with van der Waals surface area (Å²) in [7, 11) is 0. The maximum absolute atomic E-state index is 13.7. The van der Waals surface area contributed by atoms with E-state index in [2.05, 4.69) is 5.32 Å². The van der Waals surface area contributed by atoms with Crippen LogP contribution in [-0.4, -0.2) is 11.1 Å². The molecule has 2 N–H and O–H groups in total. The van der Waals surface area contributed by atoms with Crippen LogP contribution < -0.4 is 5.32 Å². The predicted molar refractivity (Wildman–Crippen MR) is 68.0 cm³/mol. The molecule has 2 aromatic carbocycles. The lowest BCUT2D eigenvalue weighted by Gasteiger charge is -2.11. The van der Waals surface area contributed by atoms with Crippen molar-refractivity contribution < 1.29 is 23.1 Å². The fourth-order valence-electron chi connectivity index (χ4n) is 1.55. The van der Waals surface area contributed by atoms with E-state index >= 15 is 0 Å². The van der Waals surface area contributed by atoms with Crippen LogP contribution in [0.5, 0.6) is 0 Å². The van der Waals surface area contributed by atoms with Crippen LogP contribution >= 0.6 is 11.6 Å². The summed E-state index contributed by atoms with van der Waals surface area (Å²) in [5, 5.41) is 10.7. The van der Waals surface area contributed by atoms with E-state index in [0.29, 0.717) is 12.1 Å². The van der Waals surface area contributed by atoms with Gasteiger partial charge >= 0.3 is 5.97 Å². The van der Waals surface area contributed by atoms with E-state index in [4.69, 9.17) is 16.7 Å². The van der Waals surface area contributed by atoms with Crippen molar-refractivity contribution in [3.8, 4) is 0 Å². The van der Waals surface area contributed by atoms with Gasteiger partial charge in [0.1, 0.15) is 5.69 Å². The number of anilines is 2. The molecule has 2 aromatic rings. The quantitative estimate of drug-likeness (QED) is 0.893. The minimum Gasteiger partial charge on any atom is -0.478 e. The van der Waals surface area contributed by atoms with E-state index < -0.39 is 34.7 Å². The smallest absolute Gasteiger partial charge is 0.335 e. The number of carboxylic acid groups (broad SMARTS) is 1. The van der Waals surface area contributed by atoms with Gasteiger partial charge in [0.2, 0.25) is 0 Å². The monoisotopic (exact) mass is 301 g/mol. The Hall–Kier alpha value is -2.21. The number of carbonyl (C=O) groups is 1. The van der Waals surface area contributed by atoms with E-state index in [1.807, 2.05) is 0 Å². The fourth-order valence-corrected chi connectivity index (χ4v) is 1.73. The third kappa shape index (κ3) is 2.70. The molecular weight excluding hydrogens is 295 g/mol. The molecule has 3 nitrogen and oxygen atoms in total. The van der Waals surface area contributed by atoms with Crippen LogP contribution in [0.1, 0.15) is 10.4 Å². The standard InChI is InChI=1S/C13H7ClF3NO2/c14-7-2-1-3-10(11(7)17)18-12-8(15)4-6(13(19)20)5-9(12)16/h1-5,18H,(H,19,20). The number of rotatable bonds is 3. The molecule has 0 unspecified atom stereocenters. The molecule has 7 heteroatoms. The third-order valence-corrected chi connectivity index (χ3v) is 2.79. The Kier molecular flexibility index (Phi) is 3.85. The molecule has 0 aromatic heterocycles. The molecule has 0 saturated heterocycles. The fraction of sp³-hybridized carbons (Fsp3) is 0. The van der Waals surface area contributed by atoms with Gasteiger partial charge in [-0.1, -0.05) is 17.7 Å². The Morgan fingerprint density at radius 3 is 2.30 bits per heavy atom. The zero-order valence-corrected chi connectivity index (χ0v) is 10.5. The Bertz CT molecular complexity index is 668. The molecule has 0 aliphatic heterocycles. The molecule has 0 aliphatic carbocycles. The van der Waals surface area contributed by atoms with E-state index in [9.17, 15) is 18.0 Å². The predicted octanol–water partition coefficient (Wildman–Crippen LogP) is 4.20. The molecule has 0 amide bonds. The molecule has 0 heterocycles. The lowest BCUT2D eigenvalue weighted by molar-refractivity contribution is 0.0696.